The van der Waals surface area contributed by atoms with Crippen molar-refractivity contribution in [3.63, 3.8) is 0 Å². The molecule has 1 aliphatic heterocycles. The minimum atomic E-state index is -3.21. The van der Waals surface area contributed by atoms with Gasteiger partial charge in [-0.05, 0) is 17.7 Å². The molecule has 0 unspecified atom stereocenters. The van der Waals surface area contributed by atoms with Crippen molar-refractivity contribution < 1.29 is 13.2 Å². The highest BCUT2D eigenvalue weighted by Gasteiger charge is 2.57. The van der Waals surface area contributed by atoms with E-state index in [2.05, 4.69) is 5.32 Å². The maximum atomic E-state index is 14.1. The first kappa shape index (κ1) is 13.1. The van der Waals surface area contributed by atoms with Crippen molar-refractivity contribution in [3.8, 4) is 0 Å². The molecule has 3 N–H and O–H groups in total. The van der Waals surface area contributed by atoms with Gasteiger partial charge in [0.1, 0.15) is 6.67 Å². The van der Waals surface area contributed by atoms with Crippen LogP contribution in [0.25, 0.3) is 0 Å². The Kier molecular flexibility index (Phi) is 3.23. The Balaban J connectivity index is 2.54. The Hall–Kier alpha value is -1.30. The van der Waals surface area contributed by atoms with Crippen LogP contribution in [0.15, 0.2) is 24.3 Å². The number of nitrogens with one attached hydrogen (secondary N) is 1. The Morgan fingerprint density at radius 3 is 2.72 bits per heavy atom. The molecule has 2 nitrogen and oxygen atoms in total. The molecule has 98 valence electrons. The van der Waals surface area contributed by atoms with Crippen LogP contribution in [0.5, 0.6) is 0 Å². The van der Waals surface area contributed by atoms with Gasteiger partial charge in [-0.3, -0.25) is 0 Å². The third-order valence-corrected chi connectivity index (χ3v) is 3.53. The van der Waals surface area contributed by atoms with E-state index in [1.165, 1.54) is 18.2 Å². The van der Waals surface area contributed by atoms with E-state index in [0.29, 0.717) is 5.69 Å². The number of piperidine rings is 1. The van der Waals surface area contributed by atoms with Crippen LogP contribution >= 0.6 is 12.2 Å². The number of thiocarbonyl (C=S) groups is 1. The summed E-state index contributed by atoms with van der Waals surface area (Å²) in [6, 6.07) is 5.88. The summed E-state index contributed by atoms with van der Waals surface area (Å²) in [6.07, 6.45) is -0.399. The first-order valence-corrected chi connectivity index (χ1v) is 5.93. The molecule has 0 aliphatic carbocycles. The van der Waals surface area contributed by atoms with Crippen molar-refractivity contribution >= 4 is 22.9 Å². The summed E-state index contributed by atoms with van der Waals surface area (Å²) in [7, 11) is 0. The number of benzene rings is 1. The molecule has 1 aromatic carbocycles. The van der Waals surface area contributed by atoms with E-state index in [1.807, 2.05) is 0 Å². The first-order chi connectivity index (χ1) is 8.41. The highest BCUT2D eigenvalue weighted by molar-refractivity contribution is 7.80. The van der Waals surface area contributed by atoms with Gasteiger partial charge in [0.15, 0.2) is 5.54 Å². The lowest BCUT2D eigenvalue weighted by Gasteiger charge is -2.43. The first-order valence-electron chi connectivity index (χ1n) is 5.52. The highest BCUT2D eigenvalue weighted by atomic mass is 32.1. The lowest BCUT2D eigenvalue weighted by molar-refractivity contribution is -0.107. The molecule has 0 aromatic heterocycles. The summed E-state index contributed by atoms with van der Waals surface area (Å²) in [4.78, 5) is 0.251. The van der Waals surface area contributed by atoms with Crippen LogP contribution in [-0.4, -0.2) is 17.6 Å². The van der Waals surface area contributed by atoms with Gasteiger partial charge < -0.3 is 11.1 Å². The largest absolute Gasteiger partial charge is 0.399 e. The van der Waals surface area contributed by atoms with Gasteiger partial charge in [0, 0.05) is 18.5 Å². The molecule has 0 saturated carbocycles. The molecule has 1 aliphatic rings. The smallest absolute Gasteiger partial charge is 0.277 e. The van der Waals surface area contributed by atoms with E-state index in [9.17, 15) is 13.2 Å². The van der Waals surface area contributed by atoms with Crippen molar-refractivity contribution in [1.29, 1.82) is 0 Å². The van der Waals surface area contributed by atoms with Crippen molar-refractivity contribution in [3.05, 3.63) is 29.8 Å². The minimum Gasteiger partial charge on any atom is -0.399 e. The SMILES string of the molecule is Nc1cccc([C@@]2(CF)NC(=S)CCC2(F)F)c1. The molecule has 1 aromatic rings. The fraction of sp³-hybridized carbons (Fsp3) is 0.417. The molecule has 2 rings (SSSR count). The lowest BCUT2D eigenvalue weighted by Crippen LogP contribution is -2.62. The number of halogens is 3. The van der Waals surface area contributed by atoms with E-state index >= 15 is 0 Å². The lowest BCUT2D eigenvalue weighted by atomic mass is 9.79. The third kappa shape index (κ3) is 1.94. The Morgan fingerprint density at radius 2 is 2.11 bits per heavy atom. The molecule has 1 atom stereocenters. The maximum absolute atomic E-state index is 14.1. The fourth-order valence-corrected chi connectivity index (χ4v) is 2.45. The van der Waals surface area contributed by atoms with Gasteiger partial charge in [-0.25, -0.2) is 13.2 Å². The average Bonchev–Trinajstić information content (AvgIpc) is 2.32. The van der Waals surface area contributed by atoms with Crippen molar-refractivity contribution in [2.75, 3.05) is 12.4 Å². The second-order valence-electron chi connectivity index (χ2n) is 4.42. The molecule has 0 radical (unpaired) electrons. The van der Waals surface area contributed by atoms with Gasteiger partial charge in [-0.2, -0.15) is 0 Å². The predicted octanol–water partition coefficient (Wildman–Crippen LogP) is 2.78. The summed E-state index contributed by atoms with van der Waals surface area (Å²) in [5.41, 5.74) is 3.91. The van der Waals surface area contributed by atoms with E-state index in [4.69, 9.17) is 18.0 Å². The van der Waals surface area contributed by atoms with Crippen LogP contribution in [0.2, 0.25) is 0 Å². The zero-order valence-electron chi connectivity index (χ0n) is 9.55. The maximum Gasteiger partial charge on any atom is 0.277 e. The summed E-state index contributed by atoms with van der Waals surface area (Å²) in [6.45, 7) is -1.25. The monoisotopic (exact) mass is 274 g/mol. The van der Waals surface area contributed by atoms with Crippen LogP contribution < -0.4 is 11.1 Å². The quantitative estimate of drug-likeness (QED) is 0.643. The van der Waals surface area contributed by atoms with E-state index in [0.717, 1.165) is 0 Å². The number of anilines is 1. The normalized spacial score (nSPS) is 26.7. The van der Waals surface area contributed by atoms with E-state index < -0.39 is 24.6 Å². The Labute approximate surface area is 108 Å². The Morgan fingerprint density at radius 1 is 1.39 bits per heavy atom. The van der Waals surface area contributed by atoms with Crippen LogP contribution in [-0.2, 0) is 5.54 Å². The van der Waals surface area contributed by atoms with Crippen molar-refractivity contribution in [2.45, 2.75) is 24.3 Å². The zero-order chi connectivity index (χ0) is 13.4. The fourth-order valence-electron chi connectivity index (χ4n) is 2.17. The second-order valence-corrected chi connectivity index (χ2v) is 4.91. The zero-order valence-corrected chi connectivity index (χ0v) is 10.4. The molecular formula is C12H13F3N2S. The number of hydrogen-bond acceptors (Lipinski definition) is 2. The van der Waals surface area contributed by atoms with Gasteiger partial charge in [0.05, 0.1) is 4.99 Å². The summed E-state index contributed by atoms with van der Waals surface area (Å²) < 4.78 is 41.6. The van der Waals surface area contributed by atoms with Crippen LogP contribution in [0, 0.1) is 0 Å². The molecule has 1 saturated heterocycles. The van der Waals surface area contributed by atoms with Gasteiger partial charge in [0.2, 0.25) is 0 Å². The van der Waals surface area contributed by atoms with Crippen molar-refractivity contribution in [1.82, 2.24) is 5.32 Å². The summed E-state index contributed by atoms with van der Waals surface area (Å²) in [5, 5.41) is 2.46. The van der Waals surface area contributed by atoms with Gasteiger partial charge in [-0.1, -0.05) is 24.4 Å². The van der Waals surface area contributed by atoms with Gasteiger partial charge >= 0.3 is 0 Å². The van der Waals surface area contributed by atoms with E-state index in [1.54, 1.807) is 6.07 Å². The topological polar surface area (TPSA) is 38.0 Å². The number of alkyl halides is 3. The minimum absolute atomic E-state index is 0.0619. The predicted molar refractivity (Wildman–Crippen MR) is 68.4 cm³/mol. The number of hydrogen-bond donors (Lipinski definition) is 2. The Bertz CT molecular complexity index is 478. The molecule has 0 amide bonds. The van der Waals surface area contributed by atoms with Gasteiger partial charge in [0.25, 0.3) is 5.92 Å². The second kappa shape index (κ2) is 4.42. The third-order valence-electron chi connectivity index (χ3n) is 3.22. The number of rotatable bonds is 2. The number of nitrogens with two attached hydrogens (primary N) is 1. The van der Waals surface area contributed by atoms with Crippen LogP contribution in [0.3, 0.4) is 0 Å². The highest BCUT2D eigenvalue weighted by Crippen LogP contribution is 2.44. The van der Waals surface area contributed by atoms with E-state index in [-0.39, 0.29) is 17.0 Å². The molecule has 0 spiro atoms. The molecule has 0 bridgehead atoms. The summed E-state index contributed by atoms with van der Waals surface area (Å²) in [5.74, 6) is -3.21. The summed E-state index contributed by atoms with van der Waals surface area (Å²) >= 11 is 4.91. The average molecular weight is 274 g/mol. The molecule has 6 heteroatoms. The molecule has 18 heavy (non-hydrogen) atoms. The van der Waals surface area contributed by atoms with Crippen LogP contribution in [0.1, 0.15) is 18.4 Å². The van der Waals surface area contributed by atoms with Crippen LogP contribution in [0.4, 0.5) is 18.9 Å². The van der Waals surface area contributed by atoms with Gasteiger partial charge in [-0.15, -0.1) is 0 Å². The molecule has 1 fully saturated rings. The molecular weight excluding hydrogens is 261 g/mol. The number of nitrogen functional groups attached to an aromatic ring is 1. The standard InChI is InChI=1S/C12H13F3N2S/c13-7-11(8-2-1-3-9(16)6-8)12(14,15)5-4-10(18)17-11/h1-3,6H,4-5,7,16H2,(H,17,18)/t11-/m1/s1. The molecule has 1 heterocycles. The van der Waals surface area contributed by atoms with Crippen molar-refractivity contribution in [2.24, 2.45) is 0 Å².